The zero-order chi connectivity index (χ0) is 10.6. The third-order valence-electron chi connectivity index (χ3n) is 2.06. The van der Waals surface area contributed by atoms with Crippen molar-refractivity contribution in [3.8, 4) is 11.5 Å². The standard InChI is InChI=1S/C11H14FO2/c1-4-9(12)8-6-5-7-10(13-2)11(8)14-3/h6-7,9H,4H2,1-3H3. The van der Waals surface area contributed by atoms with Gasteiger partial charge in [-0.05, 0) is 24.6 Å². The molecule has 0 heterocycles. The highest BCUT2D eigenvalue weighted by atomic mass is 19.1. The molecule has 2 nitrogen and oxygen atoms in total. The molecule has 14 heavy (non-hydrogen) atoms. The van der Waals surface area contributed by atoms with E-state index < -0.39 is 6.17 Å². The van der Waals surface area contributed by atoms with Crippen molar-refractivity contribution in [3.05, 3.63) is 23.8 Å². The van der Waals surface area contributed by atoms with Crippen LogP contribution in [-0.4, -0.2) is 14.2 Å². The molecule has 0 aromatic heterocycles. The summed E-state index contributed by atoms with van der Waals surface area (Å²) in [6.07, 6.45) is -0.617. The van der Waals surface area contributed by atoms with Crippen molar-refractivity contribution in [1.29, 1.82) is 0 Å². The fourth-order valence-corrected chi connectivity index (χ4v) is 1.30. The Morgan fingerprint density at radius 2 is 2.07 bits per heavy atom. The Kier molecular flexibility index (Phi) is 3.74. The average molecular weight is 197 g/mol. The van der Waals surface area contributed by atoms with Gasteiger partial charge in [0.15, 0.2) is 11.5 Å². The van der Waals surface area contributed by atoms with Crippen molar-refractivity contribution < 1.29 is 13.9 Å². The number of halogens is 1. The molecule has 1 radical (unpaired) electrons. The summed E-state index contributed by atoms with van der Waals surface area (Å²) in [5, 5.41) is 0. The van der Waals surface area contributed by atoms with Gasteiger partial charge in [0.1, 0.15) is 6.17 Å². The van der Waals surface area contributed by atoms with E-state index in [9.17, 15) is 4.39 Å². The molecular formula is C11H14FO2. The molecule has 0 saturated heterocycles. The quantitative estimate of drug-likeness (QED) is 0.738. The lowest BCUT2D eigenvalue weighted by molar-refractivity contribution is 0.304. The minimum absolute atomic E-state index is 0.414. The first-order chi connectivity index (χ1) is 6.74. The van der Waals surface area contributed by atoms with Crippen molar-refractivity contribution in [1.82, 2.24) is 0 Å². The topological polar surface area (TPSA) is 18.5 Å². The first-order valence-corrected chi connectivity index (χ1v) is 4.50. The van der Waals surface area contributed by atoms with E-state index in [1.54, 1.807) is 19.1 Å². The molecule has 1 aromatic rings. The Hall–Kier alpha value is -1.25. The first-order valence-electron chi connectivity index (χ1n) is 4.50. The van der Waals surface area contributed by atoms with E-state index in [1.165, 1.54) is 14.2 Å². The maximum Gasteiger partial charge on any atom is 0.166 e. The summed E-state index contributed by atoms with van der Waals surface area (Å²) in [5.41, 5.74) is 0.495. The van der Waals surface area contributed by atoms with Crippen molar-refractivity contribution in [2.75, 3.05) is 14.2 Å². The highest BCUT2D eigenvalue weighted by molar-refractivity contribution is 5.47. The number of ether oxygens (including phenoxy) is 2. The number of rotatable bonds is 4. The molecule has 0 fully saturated rings. The van der Waals surface area contributed by atoms with E-state index in [-0.39, 0.29) is 0 Å². The number of alkyl halides is 1. The molecule has 3 heteroatoms. The van der Waals surface area contributed by atoms with Gasteiger partial charge < -0.3 is 9.47 Å². The molecule has 0 saturated carbocycles. The van der Waals surface area contributed by atoms with Gasteiger partial charge in [-0.15, -0.1) is 0 Å². The smallest absolute Gasteiger partial charge is 0.166 e. The second-order valence-electron chi connectivity index (χ2n) is 2.89. The van der Waals surface area contributed by atoms with Crippen LogP contribution in [0.2, 0.25) is 0 Å². The second-order valence-corrected chi connectivity index (χ2v) is 2.89. The molecule has 0 aliphatic heterocycles. The fraction of sp³-hybridized carbons (Fsp3) is 0.455. The molecule has 77 valence electrons. The van der Waals surface area contributed by atoms with Crippen LogP contribution in [0, 0.1) is 6.07 Å². The normalized spacial score (nSPS) is 12.3. The average Bonchev–Trinajstić information content (AvgIpc) is 2.26. The van der Waals surface area contributed by atoms with Crippen LogP contribution in [0.3, 0.4) is 0 Å². The van der Waals surface area contributed by atoms with Crippen molar-refractivity contribution in [2.24, 2.45) is 0 Å². The minimum Gasteiger partial charge on any atom is -0.493 e. The maximum atomic E-state index is 13.5. The predicted molar refractivity (Wildman–Crippen MR) is 52.5 cm³/mol. The highest BCUT2D eigenvalue weighted by Gasteiger charge is 2.16. The Bertz CT molecular complexity index is 299. The lowest BCUT2D eigenvalue weighted by Crippen LogP contribution is -1.98. The van der Waals surface area contributed by atoms with Crippen LogP contribution in [-0.2, 0) is 0 Å². The van der Waals surface area contributed by atoms with Gasteiger partial charge in [-0.1, -0.05) is 6.92 Å². The summed E-state index contributed by atoms with van der Waals surface area (Å²) in [4.78, 5) is 0. The molecule has 0 aliphatic carbocycles. The van der Waals surface area contributed by atoms with E-state index in [2.05, 4.69) is 6.07 Å². The van der Waals surface area contributed by atoms with E-state index in [1.807, 2.05) is 0 Å². The van der Waals surface area contributed by atoms with Crippen molar-refractivity contribution in [2.45, 2.75) is 19.5 Å². The molecule has 0 N–H and O–H groups in total. The van der Waals surface area contributed by atoms with Crippen LogP contribution in [0.25, 0.3) is 0 Å². The Morgan fingerprint density at radius 3 is 2.57 bits per heavy atom. The summed E-state index contributed by atoms with van der Waals surface area (Å²) >= 11 is 0. The predicted octanol–water partition coefficient (Wildman–Crippen LogP) is 2.92. The van der Waals surface area contributed by atoms with Crippen LogP contribution in [0.5, 0.6) is 11.5 Å². The monoisotopic (exact) mass is 197 g/mol. The second kappa shape index (κ2) is 4.84. The van der Waals surface area contributed by atoms with Crippen LogP contribution in [0.4, 0.5) is 4.39 Å². The number of hydrogen-bond donors (Lipinski definition) is 0. The Balaban J connectivity index is 3.14. The van der Waals surface area contributed by atoms with E-state index in [0.29, 0.717) is 23.5 Å². The molecule has 1 atom stereocenters. The summed E-state index contributed by atoms with van der Waals surface area (Å²) in [7, 11) is 3.03. The molecule has 1 rings (SSSR count). The largest absolute Gasteiger partial charge is 0.493 e. The van der Waals surface area contributed by atoms with Gasteiger partial charge in [0.25, 0.3) is 0 Å². The van der Waals surface area contributed by atoms with E-state index in [4.69, 9.17) is 9.47 Å². The SMILES string of the molecule is CCC(F)c1c[c]cc(OC)c1OC. The zero-order valence-electron chi connectivity index (χ0n) is 8.63. The molecule has 0 amide bonds. The van der Waals surface area contributed by atoms with Crippen molar-refractivity contribution in [3.63, 3.8) is 0 Å². The van der Waals surface area contributed by atoms with Gasteiger partial charge in [-0.25, -0.2) is 4.39 Å². The summed E-state index contributed by atoms with van der Waals surface area (Å²) < 4.78 is 23.6. The van der Waals surface area contributed by atoms with Gasteiger partial charge in [0.05, 0.1) is 14.2 Å². The van der Waals surface area contributed by atoms with Crippen LogP contribution >= 0.6 is 0 Å². The van der Waals surface area contributed by atoms with E-state index >= 15 is 0 Å². The van der Waals surface area contributed by atoms with Gasteiger partial charge in [-0.3, -0.25) is 0 Å². The first kappa shape index (κ1) is 10.8. The maximum absolute atomic E-state index is 13.5. The lowest BCUT2D eigenvalue weighted by atomic mass is 10.1. The molecule has 1 aromatic carbocycles. The lowest BCUT2D eigenvalue weighted by Gasteiger charge is -2.13. The molecule has 0 aliphatic rings. The number of methoxy groups -OCH3 is 2. The van der Waals surface area contributed by atoms with Crippen molar-refractivity contribution >= 4 is 0 Å². The van der Waals surface area contributed by atoms with Crippen LogP contribution in [0.15, 0.2) is 12.1 Å². The summed E-state index contributed by atoms with van der Waals surface area (Å²) in [6.45, 7) is 1.78. The fourth-order valence-electron chi connectivity index (χ4n) is 1.30. The Labute approximate surface area is 83.6 Å². The number of hydrogen-bond acceptors (Lipinski definition) is 2. The molecule has 0 spiro atoms. The molecule has 0 bridgehead atoms. The third kappa shape index (κ3) is 1.97. The van der Waals surface area contributed by atoms with Gasteiger partial charge in [0.2, 0.25) is 0 Å². The minimum atomic E-state index is -1.03. The molecule has 1 unspecified atom stereocenters. The summed E-state index contributed by atoms with van der Waals surface area (Å²) in [6, 6.07) is 6.05. The third-order valence-corrected chi connectivity index (χ3v) is 2.06. The Morgan fingerprint density at radius 1 is 1.36 bits per heavy atom. The van der Waals surface area contributed by atoms with Gasteiger partial charge >= 0.3 is 0 Å². The van der Waals surface area contributed by atoms with E-state index in [0.717, 1.165) is 0 Å². The molecular weight excluding hydrogens is 183 g/mol. The van der Waals surface area contributed by atoms with Crippen LogP contribution < -0.4 is 9.47 Å². The highest BCUT2D eigenvalue weighted by Crippen LogP contribution is 2.36. The van der Waals surface area contributed by atoms with Crippen LogP contribution in [0.1, 0.15) is 25.1 Å². The van der Waals surface area contributed by atoms with Gasteiger partial charge in [0, 0.05) is 5.56 Å². The van der Waals surface area contributed by atoms with Gasteiger partial charge in [-0.2, -0.15) is 0 Å². The zero-order valence-corrected chi connectivity index (χ0v) is 8.63. The number of benzene rings is 1. The summed E-state index contributed by atoms with van der Waals surface area (Å²) in [5.74, 6) is 0.974.